The summed E-state index contributed by atoms with van der Waals surface area (Å²) in [6.07, 6.45) is 0. The number of nitrogens with zero attached hydrogens (tertiary/aromatic N) is 2. The minimum absolute atomic E-state index is 0.152. The third kappa shape index (κ3) is 4.24. The van der Waals surface area contributed by atoms with Gasteiger partial charge in [-0.25, -0.2) is 4.79 Å². The number of hydrogen-bond acceptors (Lipinski definition) is 3. The van der Waals surface area contributed by atoms with Gasteiger partial charge < -0.3 is 15.3 Å². The van der Waals surface area contributed by atoms with Gasteiger partial charge in [-0.15, -0.1) is 0 Å². The average molecular weight is 265 g/mol. The Morgan fingerprint density at radius 3 is 2.58 bits per heavy atom. The first-order valence-electron chi connectivity index (χ1n) is 6.00. The van der Waals surface area contributed by atoms with Gasteiger partial charge >= 0.3 is 12.0 Å². The molecule has 0 aliphatic carbocycles. The van der Waals surface area contributed by atoms with Crippen molar-refractivity contribution in [2.24, 2.45) is 5.92 Å². The van der Waals surface area contributed by atoms with E-state index in [4.69, 9.17) is 5.11 Å². The van der Waals surface area contributed by atoms with Crippen molar-refractivity contribution in [3.63, 3.8) is 0 Å². The number of carbonyl (C=O) groups excluding carboxylic acids is 1. The van der Waals surface area contributed by atoms with E-state index in [-0.39, 0.29) is 12.6 Å². The first kappa shape index (κ1) is 14.9. The number of hydrogen-bond donors (Lipinski definition) is 2. The molecule has 0 aliphatic heterocycles. The molecule has 0 radical (unpaired) electrons. The van der Waals surface area contributed by atoms with Gasteiger partial charge in [0.05, 0.1) is 17.3 Å². The van der Waals surface area contributed by atoms with Crippen molar-refractivity contribution >= 4 is 17.7 Å². The highest BCUT2D eigenvalue weighted by molar-refractivity contribution is 5.90. The van der Waals surface area contributed by atoms with Crippen LogP contribution in [0.5, 0.6) is 0 Å². The third-order valence-corrected chi connectivity index (χ3v) is 2.78. The van der Waals surface area contributed by atoms with Crippen LogP contribution in [0.4, 0.5) is 10.5 Å². The van der Waals surface area contributed by atoms with Gasteiger partial charge in [0.2, 0.25) is 0 Å². The Morgan fingerprint density at radius 2 is 2.05 bits per heavy atom. The topological polar surface area (TPSA) is 82.5 Å². The van der Waals surface area contributed by atoms with Crippen molar-refractivity contribution in [3.8, 4) is 0 Å². The van der Waals surface area contributed by atoms with Crippen LogP contribution in [0.15, 0.2) is 12.1 Å². The molecule has 6 heteroatoms. The SMILES string of the molecule is Cc1ccc(NC(=O)N(C)CC(C)C(=O)O)c(C)n1. The second-order valence-electron chi connectivity index (χ2n) is 4.64. The van der Waals surface area contributed by atoms with E-state index in [1.165, 1.54) is 4.90 Å². The Morgan fingerprint density at radius 1 is 1.42 bits per heavy atom. The van der Waals surface area contributed by atoms with Gasteiger partial charge in [-0.05, 0) is 26.0 Å². The summed E-state index contributed by atoms with van der Waals surface area (Å²) in [5, 5.41) is 11.5. The van der Waals surface area contributed by atoms with Crippen LogP contribution in [0, 0.1) is 19.8 Å². The zero-order valence-electron chi connectivity index (χ0n) is 11.6. The average Bonchev–Trinajstić information content (AvgIpc) is 2.32. The highest BCUT2D eigenvalue weighted by Crippen LogP contribution is 2.13. The molecule has 1 aromatic rings. The molecule has 2 N–H and O–H groups in total. The number of aliphatic carboxylic acids is 1. The van der Waals surface area contributed by atoms with Gasteiger partial charge in [0.25, 0.3) is 0 Å². The van der Waals surface area contributed by atoms with Crippen molar-refractivity contribution in [1.29, 1.82) is 0 Å². The van der Waals surface area contributed by atoms with Crippen molar-refractivity contribution in [2.75, 3.05) is 18.9 Å². The minimum Gasteiger partial charge on any atom is -0.481 e. The summed E-state index contributed by atoms with van der Waals surface area (Å²) in [5.41, 5.74) is 2.24. The largest absolute Gasteiger partial charge is 0.481 e. The lowest BCUT2D eigenvalue weighted by Gasteiger charge is -2.20. The minimum atomic E-state index is -0.923. The number of urea groups is 1. The number of carboxylic acid groups (broad SMARTS) is 1. The zero-order valence-corrected chi connectivity index (χ0v) is 11.6. The van der Waals surface area contributed by atoms with Crippen LogP contribution in [-0.2, 0) is 4.79 Å². The fourth-order valence-electron chi connectivity index (χ4n) is 1.60. The Hall–Kier alpha value is -2.11. The van der Waals surface area contributed by atoms with E-state index in [1.54, 1.807) is 20.0 Å². The number of carbonyl (C=O) groups is 2. The van der Waals surface area contributed by atoms with Crippen LogP contribution in [-0.4, -0.2) is 40.6 Å². The van der Waals surface area contributed by atoms with E-state index in [0.29, 0.717) is 5.69 Å². The van der Waals surface area contributed by atoms with E-state index in [1.807, 2.05) is 19.9 Å². The van der Waals surface area contributed by atoms with Crippen LogP contribution in [0.1, 0.15) is 18.3 Å². The molecule has 19 heavy (non-hydrogen) atoms. The molecule has 2 amide bonds. The van der Waals surface area contributed by atoms with Crippen LogP contribution < -0.4 is 5.32 Å². The summed E-state index contributed by atoms with van der Waals surface area (Å²) < 4.78 is 0. The second kappa shape index (κ2) is 6.17. The number of carboxylic acids is 1. The van der Waals surface area contributed by atoms with E-state index in [9.17, 15) is 9.59 Å². The quantitative estimate of drug-likeness (QED) is 0.870. The molecule has 104 valence electrons. The van der Waals surface area contributed by atoms with E-state index >= 15 is 0 Å². The molecule has 0 aromatic carbocycles. The van der Waals surface area contributed by atoms with Gasteiger partial charge in [0.15, 0.2) is 0 Å². The smallest absolute Gasteiger partial charge is 0.321 e. The maximum Gasteiger partial charge on any atom is 0.321 e. The molecular weight excluding hydrogens is 246 g/mol. The molecule has 1 aromatic heterocycles. The van der Waals surface area contributed by atoms with Crippen LogP contribution in [0.3, 0.4) is 0 Å². The highest BCUT2D eigenvalue weighted by Gasteiger charge is 2.17. The fourth-order valence-corrected chi connectivity index (χ4v) is 1.60. The molecule has 0 saturated carbocycles. The van der Waals surface area contributed by atoms with E-state index < -0.39 is 11.9 Å². The first-order chi connectivity index (χ1) is 8.81. The standard InChI is InChI=1S/C13H19N3O3/c1-8(12(17)18)7-16(4)13(19)15-11-6-5-9(2)14-10(11)3/h5-6,8H,7H2,1-4H3,(H,15,19)(H,17,18). The van der Waals surface area contributed by atoms with Gasteiger partial charge in [0.1, 0.15) is 0 Å². The van der Waals surface area contributed by atoms with Gasteiger partial charge in [-0.1, -0.05) is 6.92 Å². The summed E-state index contributed by atoms with van der Waals surface area (Å²) in [5.74, 6) is -1.53. The third-order valence-electron chi connectivity index (χ3n) is 2.78. The van der Waals surface area contributed by atoms with Crippen molar-refractivity contribution in [2.45, 2.75) is 20.8 Å². The molecule has 0 saturated heterocycles. The predicted octanol–water partition coefficient (Wildman–Crippen LogP) is 1.88. The lowest BCUT2D eigenvalue weighted by Crippen LogP contribution is -2.36. The summed E-state index contributed by atoms with van der Waals surface area (Å²) in [4.78, 5) is 28.2. The van der Waals surface area contributed by atoms with Crippen LogP contribution >= 0.6 is 0 Å². The molecule has 1 rings (SSSR count). The summed E-state index contributed by atoms with van der Waals surface area (Å²) in [6, 6.07) is 3.24. The summed E-state index contributed by atoms with van der Waals surface area (Å²) in [7, 11) is 1.56. The Kier molecular flexibility index (Phi) is 4.86. The van der Waals surface area contributed by atoms with Crippen molar-refractivity contribution in [1.82, 2.24) is 9.88 Å². The molecule has 1 heterocycles. The van der Waals surface area contributed by atoms with Gasteiger partial charge in [-0.3, -0.25) is 9.78 Å². The van der Waals surface area contributed by atoms with Crippen molar-refractivity contribution in [3.05, 3.63) is 23.5 Å². The van der Waals surface area contributed by atoms with Gasteiger partial charge in [0, 0.05) is 19.3 Å². The molecular formula is C13H19N3O3. The maximum atomic E-state index is 11.9. The summed E-state index contributed by atoms with van der Waals surface area (Å²) >= 11 is 0. The second-order valence-corrected chi connectivity index (χ2v) is 4.64. The fraction of sp³-hybridized carbons (Fsp3) is 0.462. The first-order valence-corrected chi connectivity index (χ1v) is 6.00. The normalized spacial score (nSPS) is 11.8. The Labute approximate surface area is 112 Å². The summed E-state index contributed by atoms with van der Waals surface area (Å²) in [6.45, 7) is 5.39. The lowest BCUT2D eigenvalue weighted by molar-refractivity contribution is -0.141. The van der Waals surface area contributed by atoms with E-state index in [0.717, 1.165) is 11.4 Å². The molecule has 0 bridgehead atoms. The van der Waals surface area contributed by atoms with Gasteiger partial charge in [-0.2, -0.15) is 0 Å². The lowest BCUT2D eigenvalue weighted by atomic mass is 10.2. The number of aromatic nitrogens is 1. The molecule has 1 unspecified atom stereocenters. The number of anilines is 1. The number of amides is 2. The number of nitrogens with one attached hydrogen (secondary N) is 1. The number of pyridine rings is 1. The van der Waals surface area contributed by atoms with Crippen LogP contribution in [0.2, 0.25) is 0 Å². The predicted molar refractivity (Wildman–Crippen MR) is 72.2 cm³/mol. The Bertz CT molecular complexity index is 488. The zero-order chi connectivity index (χ0) is 14.6. The molecule has 0 spiro atoms. The van der Waals surface area contributed by atoms with Crippen molar-refractivity contribution < 1.29 is 14.7 Å². The molecule has 0 aliphatic rings. The monoisotopic (exact) mass is 265 g/mol. The number of rotatable bonds is 4. The molecule has 6 nitrogen and oxygen atoms in total. The highest BCUT2D eigenvalue weighted by atomic mass is 16.4. The Balaban J connectivity index is 2.66. The van der Waals surface area contributed by atoms with Crippen LogP contribution in [0.25, 0.3) is 0 Å². The number of aryl methyl sites for hydroxylation is 2. The molecule has 0 fully saturated rings. The molecule has 1 atom stereocenters. The maximum absolute atomic E-state index is 11.9. The van der Waals surface area contributed by atoms with E-state index in [2.05, 4.69) is 10.3 Å².